The summed E-state index contributed by atoms with van der Waals surface area (Å²) in [5.41, 5.74) is 1.41. The number of hydrogen-bond donors (Lipinski definition) is 0. The van der Waals surface area contributed by atoms with E-state index in [2.05, 4.69) is 56.3 Å². The number of ether oxygens (including phenoxy) is 1. The minimum absolute atomic E-state index is 0.700. The maximum absolute atomic E-state index is 5.80. The van der Waals surface area contributed by atoms with Crippen molar-refractivity contribution < 1.29 is 4.74 Å². The van der Waals surface area contributed by atoms with Gasteiger partial charge in [-0.1, -0.05) is 43.3 Å². The van der Waals surface area contributed by atoms with E-state index in [-0.39, 0.29) is 0 Å². The Kier molecular flexibility index (Phi) is 3.35. The number of rotatable bonds is 3. The van der Waals surface area contributed by atoms with Crippen LogP contribution in [0.3, 0.4) is 0 Å². The van der Waals surface area contributed by atoms with Gasteiger partial charge in [0.15, 0.2) is 0 Å². The van der Waals surface area contributed by atoms with Gasteiger partial charge in [-0.2, -0.15) is 0 Å². The highest BCUT2D eigenvalue weighted by atomic mass is 16.5. The van der Waals surface area contributed by atoms with E-state index in [1.54, 1.807) is 0 Å². The van der Waals surface area contributed by atoms with Gasteiger partial charge in [0.2, 0.25) is 0 Å². The van der Waals surface area contributed by atoms with Crippen LogP contribution in [0.15, 0.2) is 36.4 Å². The lowest BCUT2D eigenvalue weighted by Crippen LogP contribution is -2.05. The first-order valence-corrected chi connectivity index (χ1v) is 7.36. The van der Waals surface area contributed by atoms with Crippen molar-refractivity contribution in [2.45, 2.75) is 27.2 Å². The molecular formula is C19H20O. The van der Waals surface area contributed by atoms with Crippen LogP contribution in [0.5, 0.6) is 5.75 Å². The third kappa shape index (κ3) is 1.85. The fourth-order valence-electron chi connectivity index (χ4n) is 3.04. The Morgan fingerprint density at radius 1 is 0.950 bits per heavy atom. The van der Waals surface area contributed by atoms with E-state index in [4.69, 9.17) is 4.74 Å². The van der Waals surface area contributed by atoms with Crippen LogP contribution in [-0.2, 0) is 6.42 Å². The Hall–Kier alpha value is -2.02. The summed E-state index contributed by atoms with van der Waals surface area (Å²) in [6.07, 6.45) is 3.25. The Bertz CT molecular complexity index is 815. The second kappa shape index (κ2) is 5.16. The Balaban J connectivity index is 2.55. The molecule has 1 nitrogen and oxygen atoms in total. The maximum atomic E-state index is 5.80. The lowest BCUT2D eigenvalue weighted by molar-refractivity contribution is 0.344. The standard InChI is InChI=1S/C19H20O/c1-4-13-7-8-15-10-12-17(20-6-3)16-11-9-14(5-2)18(13)19(15)16/h5,7-12H,4,6H2,1-3H3/b14-5+. The number of aryl methyl sites for hydroxylation is 1. The van der Waals surface area contributed by atoms with Gasteiger partial charge in [-0.05, 0) is 47.9 Å². The Morgan fingerprint density at radius 3 is 2.45 bits per heavy atom. The quantitative estimate of drug-likeness (QED) is 0.678. The van der Waals surface area contributed by atoms with E-state index in [0.717, 1.165) is 12.2 Å². The molecule has 0 saturated heterocycles. The van der Waals surface area contributed by atoms with Gasteiger partial charge in [0.25, 0.3) is 0 Å². The van der Waals surface area contributed by atoms with Gasteiger partial charge in [-0.3, -0.25) is 0 Å². The molecule has 3 rings (SSSR count). The van der Waals surface area contributed by atoms with Crippen LogP contribution in [0.2, 0.25) is 0 Å². The summed E-state index contributed by atoms with van der Waals surface area (Å²) in [5.74, 6) is 0.987. The molecular weight excluding hydrogens is 244 g/mol. The third-order valence-corrected chi connectivity index (χ3v) is 3.98. The SMILES string of the molecule is C/C=c1\ccc2c(OCC)ccc3ccc(CC)c1c32. The molecule has 0 aliphatic heterocycles. The van der Waals surface area contributed by atoms with Crippen LogP contribution in [0.1, 0.15) is 26.3 Å². The molecule has 0 radical (unpaired) electrons. The van der Waals surface area contributed by atoms with E-state index in [1.165, 1.54) is 32.3 Å². The minimum atomic E-state index is 0.700. The zero-order valence-corrected chi connectivity index (χ0v) is 12.4. The van der Waals surface area contributed by atoms with E-state index < -0.39 is 0 Å². The Labute approximate surface area is 119 Å². The monoisotopic (exact) mass is 264 g/mol. The van der Waals surface area contributed by atoms with Gasteiger partial charge < -0.3 is 4.74 Å². The van der Waals surface area contributed by atoms with Crippen molar-refractivity contribution in [3.05, 3.63) is 47.2 Å². The molecule has 0 unspecified atom stereocenters. The predicted octanol–water partition coefficient (Wildman–Crippen LogP) is 4.47. The normalized spacial score (nSPS) is 12.4. The highest BCUT2D eigenvalue weighted by Gasteiger charge is 2.10. The molecule has 3 aromatic carbocycles. The van der Waals surface area contributed by atoms with Crippen molar-refractivity contribution in [1.82, 2.24) is 0 Å². The van der Waals surface area contributed by atoms with Crippen molar-refractivity contribution in [3.63, 3.8) is 0 Å². The molecule has 0 aromatic heterocycles. The van der Waals surface area contributed by atoms with Crippen LogP contribution in [-0.4, -0.2) is 6.61 Å². The first kappa shape index (κ1) is 13.0. The highest BCUT2D eigenvalue weighted by Crippen LogP contribution is 2.33. The van der Waals surface area contributed by atoms with Crippen molar-refractivity contribution in [1.29, 1.82) is 0 Å². The van der Waals surface area contributed by atoms with E-state index in [0.29, 0.717) is 6.61 Å². The average Bonchev–Trinajstić information content (AvgIpc) is 2.50. The van der Waals surface area contributed by atoms with E-state index in [1.807, 2.05) is 6.92 Å². The molecule has 20 heavy (non-hydrogen) atoms. The third-order valence-electron chi connectivity index (χ3n) is 3.98. The zero-order chi connectivity index (χ0) is 14.1. The smallest absolute Gasteiger partial charge is 0.127 e. The fraction of sp³-hybridized carbons (Fsp3) is 0.263. The van der Waals surface area contributed by atoms with Crippen LogP contribution >= 0.6 is 0 Å². The van der Waals surface area contributed by atoms with Crippen LogP contribution in [0.4, 0.5) is 0 Å². The van der Waals surface area contributed by atoms with Crippen LogP contribution < -0.4 is 9.96 Å². The van der Waals surface area contributed by atoms with E-state index >= 15 is 0 Å². The summed E-state index contributed by atoms with van der Waals surface area (Å²) in [4.78, 5) is 0. The van der Waals surface area contributed by atoms with Gasteiger partial charge in [0.1, 0.15) is 5.75 Å². The number of benzene rings is 3. The molecule has 0 aliphatic rings. The summed E-state index contributed by atoms with van der Waals surface area (Å²) in [6.45, 7) is 7.06. The maximum Gasteiger partial charge on any atom is 0.127 e. The lowest BCUT2D eigenvalue weighted by atomic mass is 9.93. The van der Waals surface area contributed by atoms with Gasteiger partial charge >= 0.3 is 0 Å². The molecule has 0 saturated carbocycles. The second-order valence-corrected chi connectivity index (χ2v) is 5.04. The van der Waals surface area contributed by atoms with E-state index in [9.17, 15) is 0 Å². The van der Waals surface area contributed by atoms with Gasteiger partial charge in [-0.25, -0.2) is 0 Å². The molecule has 0 heterocycles. The topological polar surface area (TPSA) is 9.23 Å². The molecule has 0 amide bonds. The first-order valence-electron chi connectivity index (χ1n) is 7.36. The van der Waals surface area contributed by atoms with Gasteiger partial charge in [-0.15, -0.1) is 0 Å². The molecule has 102 valence electrons. The largest absolute Gasteiger partial charge is 0.493 e. The molecule has 3 aromatic rings. The molecule has 0 N–H and O–H groups in total. The molecule has 0 fully saturated rings. The van der Waals surface area contributed by atoms with Gasteiger partial charge in [0.05, 0.1) is 6.61 Å². The molecule has 0 spiro atoms. The average molecular weight is 264 g/mol. The summed E-state index contributed by atoms with van der Waals surface area (Å²) >= 11 is 0. The molecule has 0 bridgehead atoms. The summed E-state index contributed by atoms with van der Waals surface area (Å²) in [5, 5.41) is 6.55. The molecule has 0 atom stereocenters. The highest BCUT2D eigenvalue weighted by molar-refractivity contribution is 6.13. The zero-order valence-electron chi connectivity index (χ0n) is 12.4. The fourth-order valence-corrected chi connectivity index (χ4v) is 3.04. The minimum Gasteiger partial charge on any atom is -0.493 e. The van der Waals surface area contributed by atoms with Crippen LogP contribution in [0.25, 0.3) is 27.6 Å². The van der Waals surface area contributed by atoms with Crippen molar-refractivity contribution in [2.75, 3.05) is 6.61 Å². The van der Waals surface area contributed by atoms with Gasteiger partial charge in [0, 0.05) is 10.8 Å². The second-order valence-electron chi connectivity index (χ2n) is 5.04. The summed E-state index contributed by atoms with van der Waals surface area (Å²) in [6, 6.07) is 13.1. The Morgan fingerprint density at radius 2 is 1.75 bits per heavy atom. The first-order chi connectivity index (χ1) is 9.80. The molecule has 0 aliphatic carbocycles. The van der Waals surface area contributed by atoms with Crippen molar-refractivity contribution in [3.8, 4) is 5.75 Å². The predicted molar refractivity (Wildman–Crippen MR) is 87.4 cm³/mol. The summed E-state index contributed by atoms with van der Waals surface area (Å²) < 4.78 is 5.80. The van der Waals surface area contributed by atoms with Crippen molar-refractivity contribution in [2.24, 2.45) is 0 Å². The van der Waals surface area contributed by atoms with Crippen molar-refractivity contribution >= 4 is 27.6 Å². The summed E-state index contributed by atoms with van der Waals surface area (Å²) in [7, 11) is 0. The molecule has 1 heteroatoms. The number of hydrogen-bond acceptors (Lipinski definition) is 1. The van der Waals surface area contributed by atoms with Crippen LogP contribution in [0, 0.1) is 0 Å². The lowest BCUT2D eigenvalue weighted by Gasteiger charge is -2.14.